The van der Waals surface area contributed by atoms with Crippen molar-refractivity contribution in [1.29, 1.82) is 0 Å². The van der Waals surface area contributed by atoms with E-state index in [-0.39, 0.29) is 31.5 Å². The predicted octanol–water partition coefficient (Wildman–Crippen LogP) is 9.65. The van der Waals surface area contributed by atoms with Crippen LogP contribution in [0.15, 0.2) is 120 Å². The minimum absolute atomic E-state index is 0. The number of aromatic nitrogens is 2. The molecule has 0 unspecified atom stereocenters. The van der Waals surface area contributed by atoms with Gasteiger partial charge < -0.3 is 14.4 Å². The average molecular weight is 774 g/mol. The van der Waals surface area contributed by atoms with Gasteiger partial charge in [-0.1, -0.05) is 79.1 Å². The van der Waals surface area contributed by atoms with Crippen LogP contribution in [0.4, 0.5) is 4.39 Å². The van der Waals surface area contributed by atoms with Gasteiger partial charge in [-0.3, -0.25) is 0 Å². The maximum atomic E-state index is 13.7. The van der Waals surface area contributed by atoms with E-state index in [1.807, 2.05) is 66.9 Å². The van der Waals surface area contributed by atoms with Crippen molar-refractivity contribution in [2.45, 2.75) is 26.5 Å². The molecular formula is C38H31FIrN2OSi-2. The van der Waals surface area contributed by atoms with E-state index in [2.05, 4.69) is 53.9 Å². The zero-order valence-corrected chi connectivity index (χ0v) is 27.9. The van der Waals surface area contributed by atoms with Crippen molar-refractivity contribution in [1.82, 2.24) is 9.97 Å². The molecule has 0 aliphatic carbocycles. The van der Waals surface area contributed by atoms with Crippen LogP contribution in [-0.4, -0.2) is 18.0 Å². The SMILES string of the molecule is C[Si](C)(C)c1ccc(-c2[c-]cccc2)nc1.[2H]C([2H])([2H])c1cnc(-c2[c-]ccc3c2oc2cc(F)ccc23)cc1-c1ccccc1.[Ir]. The third kappa shape index (κ3) is 6.63. The molecule has 0 spiro atoms. The number of nitrogens with zero attached hydrogens (tertiary/aromatic N) is 2. The minimum Gasteiger partial charge on any atom is -0.500 e. The van der Waals surface area contributed by atoms with Crippen LogP contribution in [-0.2, 0) is 20.1 Å². The Bertz CT molecular complexity index is 2130. The molecule has 0 N–H and O–H groups in total. The Morgan fingerprint density at radius 1 is 0.773 bits per heavy atom. The summed E-state index contributed by atoms with van der Waals surface area (Å²) in [6, 6.07) is 37.7. The van der Waals surface area contributed by atoms with Gasteiger partial charge in [0, 0.05) is 48.1 Å². The Balaban J connectivity index is 0.000000217. The van der Waals surface area contributed by atoms with E-state index in [1.54, 1.807) is 18.2 Å². The fourth-order valence-electron chi connectivity index (χ4n) is 4.90. The maximum absolute atomic E-state index is 13.7. The number of pyridine rings is 2. The number of furan rings is 1. The zero-order chi connectivity index (χ0) is 32.5. The predicted molar refractivity (Wildman–Crippen MR) is 177 cm³/mol. The van der Waals surface area contributed by atoms with Crippen LogP contribution in [0.1, 0.15) is 9.68 Å². The Labute approximate surface area is 276 Å². The van der Waals surface area contributed by atoms with E-state index < -0.39 is 14.9 Å². The first kappa shape index (κ1) is 27.3. The van der Waals surface area contributed by atoms with E-state index in [0.29, 0.717) is 28.0 Å². The van der Waals surface area contributed by atoms with Crippen molar-refractivity contribution in [3.8, 4) is 33.6 Å². The number of aryl methyl sites for hydroxylation is 1. The Morgan fingerprint density at radius 3 is 2.27 bits per heavy atom. The van der Waals surface area contributed by atoms with Crippen molar-refractivity contribution in [3.63, 3.8) is 0 Å². The quantitative estimate of drug-likeness (QED) is 0.132. The molecule has 0 aliphatic heterocycles. The average Bonchev–Trinajstić information content (AvgIpc) is 3.42. The summed E-state index contributed by atoms with van der Waals surface area (Å²) >= 11 is 0. The molecule has 7 rings (SSSR count). The van der Waals surface area contributed by atoms with Gasteiger partial charge >= 0.3 is 0 Å². The Kier molecular flexibility index (Phi) is 8.19. The van der Waals surface area contributed by atoms with Crippen molar-refractivity contribution in [2.75, 3.05) is 0 Å². The fraction of sp³-hybridized carbons (Fsp3) is 0.105. The second kappa shape index (κ2) is 13.2. The van der Waals surface area contributed by atoms with E-state index in [4.69, 9.17) is 8.53 Å². The summed E-state index contributed by atoms with van der Waals surface area (Å²) in [5.74, 6) is -0.376. The molecule has 3 aromatic heterocycles. The van der Waals surface area contributed by atoms with Gasteiger partial charge in [0.05, 0.1) is 13.7 Å². The largest absolute Gasteiger partial charge is 0.500 e. The molecule has 221 valence electrons. The molecule has 0 fully saturated rings. The summed E-state index contributed by atoms with van der Waals surface area (Å²) < 4.78 is 43.3. The van der Waals surface area contributed by atoms with Gasteiger partial charge in [0.2, 0.25) is 0 Å². The van der Waals surface area contributed by atoms with Gasteiger partial charge in [0.25, 0.3) is 0 Å². The summed E-state index contributed by atoms with van der Waals surface area (Å²) in [7, 11) is -1.23. The zero-order valence-electron chi connectivity index (χ0n) is 27.5. The van der Waals surface area contributed by atoms with Crippen LogP contribution in [0.25, 0.3) is 55.6 Å². The molecule has 1 radical (unpaired) electrons. The molecule has 0 saturated carbocycles. The first-order chi connectivity index (χ1) is 22.0. The van der Waals surface area contributed by atoms with Gasteiger partial charge in [0.1, 0.15) is 11.4 Å². The third-order valence-corrected chi connectivity index (χ3v) is 9.28. The summed E-state index contributed by atoms with van der Waals surface area (Å²) in [5.41, 5.74) is 5.70. The van der Waals surface area contributed by atoms with Crippen LogP contribution in [0.3, 0.4) is 0 Å². The van der Waals surface area contributed by atoms with E-state index in [0.717, 1.165) is 27.6 Å². The second-order valence-corrected chi connectivity index (χ2v) is 16.4. The van der Waals surface area contributed by atoms with Gasteiger partial charge in [-0.25, -0.2) is 4.39 Å². The minimum atomic E-state index is -2.30. The topological polar surface area (TPSA) is 38.9 Å². The van der Waals surface area contributed by atoms with E-state index in [9.17, 15) is 4.39 Å². The third-order valence-electron chi connectivity index (χ3n) is 7.25. The molecule has 6 heteroatoms. The molecule has 0 saturated heterocycles. The van der Waals surface area contributed by atoms with Crippen LogP contribution >= 0.6 is 0 Å². The molecule has 0 amide bonds. The number of hydrogen-bond donors (Lipinski definition) is 0. The molecule has 44 heavy (non-hydrogen) atoms. The first-order valence-electron chi connectivity index (χ1n) is 15.5. The van der Waals surface area contributed by atoms with Crippen molar-refractivity contribution in [3.05, 3.63) is 139 Å². The van der Waals surface area contributed by atoms with E-state index >= 15 is 0 Å². The van der Waals surface area contributed by atoms with Gasteiger partial charge in [-0.05, 0) is 52.2 Å². The van der Waals surface area contributed by atoms with E-state index in [1.165, 1.54) is 23.5 Å². The normalized spacial score (nSPS) is 12.4. The van der Waals surface area contributed by atoms with Crippen molar-refractivity contribution in [2.24, 2.45) is 0 Å². The van der Waals surface area contributed by atoms with Crippen LogP contribution in [0.2, 0.25) is 19.6 Å². The standard InChI is InChI=1S/C24H15FNO.C14H16NSi.Ir/c1-15-14-26-22(13-21(15)16-6-3-2-4-7-16)20-9-5-8-19-18-11-10-17(25)12-23(18)27-24(19)20;1-16(2,3)13-9-10-14(15-11-13)12-7-5-4-6-8-12;/h2-8,10-14H,1H3;4-7,9-11H,1-3H3;/q2*-1;/i1D3;;. The maximum Gasteiger partial charge on any atom is 0.126 e. The summed E-state index contributed by atoms with van der Waals surface area (Å²) in [6.45, 7) is 4.69. The monoisotopic (exact) mass is 774 g/mol. The molecule has 7 aromatic rings. The first-order valence-corrected chi connectivity index (χ1v) is 17.5. The van der Waals surface area contributed by atoms with Crippen molar-refractivity contribution >= 4 is 35.2 Å². The van der Waals surface area contributed by atoms with Crippen LogP contribution in [0, 0.1) is 24.8 Å². The summed E-state index contributed by atoms with van der Waals surface area (Å²) in [4.78, 5) is 8.93. The number of fused-ring (bicyclic) bond motifs is 3. The number of rotatable bonds is 4. The van der Waals surface area contributed by atoms with Crippen molar-refractivity contribution < 1.29 is 33.0 Å². The van der Waals surface area contributed by atoms with Gasteiger partial charge in [-0.15, -0.1) is 54.1 Å². The summed E-state index contributed by atoms with van der Waals surface area (Å²) in [6.07, 6.45) is 3.40. The Hall–Kier alpha value is -4.22. The number of benzene rings is 4. The molecule has 3 heterocycles. The second-order valence-electron chi connectivity index (χ2n) is 11.3. The number of hydrogen-bond acceptors (Lipinski definition) is 3. The molecule has 4 aromatic carbocycles. The molecule has 0 atom stereocenters. The molecule has 0 aliphatic rings. The van der Waals surface area contributed by atoms with Crippen LogP contribution in [0.5, 0.6) is 0 Å². The van der Waals surface area contributed by atoms with Gasteiger partial charge in [-0.2, -0.15) is 0 Å². The fourth-order valence-corrected chi connectivity index (χ4v) is 5.94. The molecule has 0 bridgehead atoms. The molecule has 3 nitrogen and oxygen atoms in total. The van der Waals surface area contributed by atoms with Gasteiger partial charge in [0.15, 0.2) is 0 Å². The Morgan fingerprint density at radius 2 is 1.57 bits per heavy atom. The van der Waals surface area contributed by atoms with Crippen LogP contribution < -0.4 is 5.19 Å². The summed E-state index contributed by atoms with van der Waals surface area (Å²) in [5, 5.41) is 3.01. The molecular weight excluding hydrogens is 740 g/mol. The number of halogens is 1. The smallest absolute Gasteiger partial charge is 0.126 e.